The lowest BCUT2D eigenvalue weighted by molar-refractivity contribution is -0.147. The smallest absolute Gasteiger partial charge is 0.325 e. The van der Waals surface area contributed by atoms with Crippen LogP contribution in [0, 0.1) is 0 Å². The predicted octanol–water partition coefficient (Wildman–Crippen LogP) is 1.45. The molecule has 256 valence electrons. The number of likely N-dealkylation sites (N-methyl/N-ethyl adjacent to an activating group) is 1. The van der Waals surface area contributed by atoms with Crippen molar-refractivity contribution in [2.24, 2.45) is 0 Å². The first-order valence-electron chi connectivity index (χ1n) is 15.7. The number of hydrogen-bond acceptors (Lipinski definition) is 9. The number of hydrogen-bond donors (Lipinski definition) is 4. The van der Waals surface area contributed by atoms with Crippen LogP contribution < -0.4 is 20.7 Å². The average Bonchev–Trinajstić information content (AvgIpc) is 3.06. The van der Waals surface area contributed by atoms with Gasteiger partial charge in [0.2, 0.25) is 23.5 Å². The molecule has 0 bridgehead atoms. The third kappa shape index (κ3) is 13.2. The van der Waals surface area contributed by atoms with Crippen LogP contribution in [-0.2, 0) is 46.5 Å². The van der Waals surface area contributed by atoms with Gasteiger partial charge < -0.3 is 35.4 Å². The molecule has 0 aromatic heterocycles. The summed E-state index contributed by atoms with van der Waals surface area (Å²) in [4.78, 5) is 77.9. The average molecular weight is 655 g/mol. The molecule has 0 radical (unpaired) electrons. The molecule has 4 N–H and O–H groups in total. The van der Waals surface area contributed by atoms with Gasteiger partial charge in [-0.2, -0.15) is 0 Å². The Morgan fingerprint density at radius 3 is 2.30 bits per heavy atom. The molecular weight excluding hydrogens is 608 g/mol. The molecule has 47 heavy (non-hydrogen) atoms. The van der Waals surface area contributed by atoms with Gasteiger partial charge in [-0.15, -0.1) is 0 Å². The lowest BCUT2D eigenvalue weighted by atomic mass is 10.0. The zero-order valence-electron chi connectivity index (χ0n) is 27.5. The first-order valence-corrected chi connectivity index (χ1v) is 15.7. The van der Waals surface area contributed by atoms with Gasteiger partial charge >= 0.3 is 5.97 Å². The van der Waals surface area contributed by atoms with Crippen LogP contribution in [0.1, 0.15) is 57.6 Å². The first kappa shape index (κ1) is 38.4. The van der Waals surface area contributed by atoms with Gasteiger partial charge in [0.15, 0.2) is 0 Å². The van der Waals surface area contributed by atoms with Gasteiger partial charge in [0.05, 0.1) is 19.1 Å². The predicted molar refractivity (Wildman–Crippen MR) is 173 cm³/mol. The van der Waals surface area contributed by atoms with E-state index in [-0.39, 0.29) is 32.5 Å². The van der Waals surface area contributed by atoms with Gasteiger partial charge in [0, 0.05) is 20.1 Å². The van der Waals surface area contributed by atoms with Crippen LogP contribution in [0.15, 0.2) is 54.6 Å². The Kier molecular flexibility index (Phi) is 16.6. The summed E-state index contributed by atoms with van der Waals surface area (Å²) in [5, 5.41) is 16.4. The second-order valence-electron chi connectivity index (χ2n) is 11.0. The highest BCUT2D eigenvalue weighted by Gasteiger charge is 2.33. The van der Waals surface area contributed by atoms with Crippen LogP contribution in [0.25, 0.3) is 0 Å². The molecule has 0 aliphatic rings. The molecule has 0 spiro atoms. The Hall–Kier alpha value is -4.78. The van der Waals surface area contributed by atoms with Crippen molar-refractivity contribution in [2.75, 3.05) is 26.8 Å². The Labute approximate surface area is 275 Å². The number of aliphatic hydroxyl groups excluding tert-OH is 1. The first-order chi connectivity index (χ1) is 22.5. The zero-order chi connectivity index (χ0) is 34.8. The molecule has 0 aliphatic carbocycles. The van der Waals surface area contributed by atoms with Gasteiger partial charge in [0.25, 0.3) is 5.91 Å². The zero-order valence-corrected chi connectivity index (χ0v) is 27.5. The summed E-state index contributed by atoms with van der Waals surface area (Å²) in [6.45, 7) is 4.82. The lowest BCUT2D eigenvalue weighted by Crippen LogP contribution is -2.56. The van der Waals surface area contributed by atoms with Crippen LogP contribution >= 0.6 is 0 Å². The summed E-state index contributed by atoms with van der Waals surface area (Å²) >= 11 is 0. The number of carbonyl (C=O) groups is 6. The topological polar surface area (TPSA) is 180 Å². The minimum atomic E-state index is -1.18. The molecule has 13 heteroatoms. The van der Waals surface area contributed by atoms with Crippen LogP contribution in [0.5, 0.6) is 5.75 Å². The molecular formula is C34H46N4O9. The van der Waals surface area contributed by atoms with Crippen LogP contribution in [-0.4, -0.2) is 90.3 Å². The van der Waals surface area contributed by atoms with E-state index in [0.717, 1.165) is 5.56 Å². The molecule has 0 heterocycles. The highest BCUT2D eigenvalue weighted by atomic mass is 16.5. The SMILES string of the molecule is CCCC(NC(=O)C(CC)N(C)C(=O)C(C)NC(=O)Cc1cccc(OCCCO)c1)C(=O)C(=O)NCC(=O)OCc1ccccc1. The van der Waals surface area contributed by atoms with Gasteiger partial charge in [-0.25, -0.2) is 0 Å². The number of aliphatic hydroxyl groups is 1. The molecule has 0 aliphatic heterocycles. The Balaban J connectivity index is 1.91. The lowest BCUT2D eigenvalue weighted by Gasteiger charge is -2.30. The second-order valence-corrected chi connectivity index (χ2v) is 11.0. The number of ether oxygens (including phenoxy) is 2. The van der Waals surface area contributed by atoms with Crippen LogP contribution in [0.2, 0.25) is 0 Å². The van der Waals surface area contributed by atoms with E-state index in [4.69, 9.17) is 14.6 Å². The molecule has 2 rings (SSSR count). The quantitative estimate of drug-likeness (QED) is 0.0934. The molecule has 2 aromatic rings. The van der Waals surface area contributed by atoms with Gasteiger partial charge in [0.1, 0.15) is 31.0 Å². The number of rotatable bonds is 20. The van der Waals surface area contributed by atoms with E-state index in [0.29, 0.717) is 30.8 Å². The number of carbonyl (C=O) groups excluding carboxylic acids is 6. The molecule has 2 aromatic carbocycles. The molecule has 0 saturated heterocycles. The van der Waals surface area contributed by atoms with Crippen molar-refractivity contribution < 1.29 is 43.3 Å². The van der Waals surface area contributed by atoms with Crippen molar-refractivity contribution in [2.45, 2.75) is 77.6 Å². The maximum Gasteiger partial charge on any atom is 0.325 e. The van der Waals surface area contributed by atoms with E-state index in [1.807, 2.05) is 6.07 Å². The minimum Gasteiger partial charge on any atom is -0.493 e. The fourth-order valence-electron chi connectivity index (χ4n) is 4.65. The largest absolute Gasteiger partial charge is 0.493 e. The van der Waals surface area contributed by atoms with Crippen molar-refractivity contribution in [3.63, 3.8) is 0 Å². The number of nitrogens with zero attached hydrogens (tertiary/aromatic N) is 1. The van der Waals surface area contributed by atoms with E-state index < -0.39 is 60.1 Å². The Morgan fingerprint density at radius 1 is 0.936 bits per heavy atom. The summed E-state index contributed by atoms with van der Waals surface area (Å²) in [5.74, 6) is -3.71. The molecule has 13 nitrogen and oxygen atoms in total. The maximum absolute atomic E-state index is 13.3. The molecule has 3 unspecified atom stereocenters. The van der Waals surface area contributed by atoms with E-state index in [1.54, 1.807) is 62.4 Å². The van der Waals surface area contributed by atoms with Crippen molar-refractivity contribution in [3.8, 4) is 5.75 Å². The van der Waals surface area contributed by atoms with E-state index >= 15 is 0 Å². The Morgan fingerprint density at radius 2 is 1.64 bits per heavy atom. The number of esters is 1. The van der Waals surface area contributed by atoms with Crippen molar-refractivity contribution in [1.82, 2.24) is 20.9 Å². The van der Waals surface area contributed by atoms with Gasteiger partial charge in [-0.3, -0.25) is 28.8 Å². The van der Waals surface area contributed by atoms with E-state index in [2.05, 4.69) is 16.0 Å². The normalized spacial score (nSPS) is 12.5. The van der Waals surface area contributed by atoms with E-state index in [1.165, 1.54) is 18.9 Å². The van der Waals surface area contributed by atoms with Crippen molar-refractivity contribution in [1.29, 1.82) is 0 Å². The van der Waals surface area contributed by atoms with Crippen LogP contribution in [0.3, 0.4) is 0 Å². The fraction of sp³-hybridized carbons (Fsp3) is 0.471. The number of ketones is 1. The summed E-state index contributed by atoms with van der Waals surface area (Å²) in [5.41, 5.74) is 1.44. The van der Waals surface area contributed by atoms with Crippen molar-refractivity contribution in [3.05, 3.63) is 65.7 Å². The number of Topliss-reactive ketones (excluding diaryl/α,β-unsaturated/α-hetero) is 1. The summed E-state index contributed by atoms with van der Waals surface area (Å²) in [7, 11) is 1.43. The second kappa shape index (κ2) is 20.4. The fourth-order valence-corrected chi connectivity index (χ4v) is 4.65. The number of benzene rings is 2. The highest BCUT2D eigenvalue weighted by molar-refractivity contribution is 6.38. The highest BCUT2D eigenvalue weighted by Crippen LogP contribution is 2.14. The maximum atomic E-state index is 13.3. The summed E-state index contributed by atoms with van der Waals surface area (Å²) < 4.78 is 10.7. The van der Waals surface area contributed by atoms with Crippen LogP contribution in [0.4, 0.5) is 0 Å². The van der Waals surface area contributed by atoms with Crippen molar-refractivity contribution >= 4 is 35.4 Å². The summed E-state index contributed by atoms with van der Waals surface area (Å²) in [6.07, 6.45) is 1.29. The summed E-state index contributed by atoms with van der Waals surface area (Å²) in [6, 6.07) is 12.8. The monoisotopic (exact) mass is 654 g/mol. The third-order valence-corrected chi connectivity index (χ3v) is 7.16. The molecule has 0 fully saturated rings. The number of nitrogens with one attached hydrogen (secondary N) is 3. The van der Waals surface area contributed by atoms with E-state index in [9.17, 15) is 28.8 Å². The molecule has 4 amide bonds. The standard InChI is InChI=1S/C34H46N4O9/c1-5-12-27(31(42)33(44)35-21-30(41)47-22-24-13-8-7-9-14-24)37-32(43)28(6-2)38(4)34(45)23(3)36-29(40)20-25-15-10-16-26(19-25)46-18-11-17-39/h7-10,13-16,19,23,27-28,39H,5-6,11-12,17-18,20-22H2,1-4H3,(H,35,44)(H,36,40)(H,37,43). The molecule has 0 saturated carbocycles. The third-order valence-electron chi connectivity index (χ3n) is 7.16. The minimum absolute atomic E-state index is 0.00713. The number of amides is 4. The van der Waals surface area contributed by atoms with Gasteiger partial charge in [-0.05, 0) is 43.0 Å². The van der Waals surface area contributed by atoms with Gasteiger partial charge in [-0.1, -0.05) is 62.7 Å². The Bertz CT molecular complexity index is 1350. The molecule has 3 atom stereocenters.